The molecule has 0 atom stereocenters. The average Bonchev–Trinajstić information content (AvgIpc) is 2.44. The van der Waals surface area contributed by atoms with E-state index in [9.17, 15) is 0 Å². The van der Waals surface area contributed by atoms with Gasteiger partial charge in [-0.2, -0.15) is 0 Å². The fraction of sp³-hybridized carbons (Fsp3) is 0.0714. The summed E-state index contributed by atoms with van der Waals surface area (Å²) in [5.41, 5.74) is 2.27. The molecule has 0 radical (unpaired) electrons. The van der Waals surface area contributed by atoms with Crippen LogP contribution in [0.2, 0.25) is 0 Å². The van der Waals surface area contributed by atoms with Gasteiger partial charge >= 0.3 is 4.70 Å². The second-order valence-electron chi connectivity index (χ2n) is 3.81. The van der Waals surface area contributed by atoms with Crippen molar-refractivity contribution in [3.8, 4) is 5.75 Å². The van der Waals surface area contributed by atoms with Gasteiger partial charge in [-0.1, -0.05) is 23.9 Å². The van der Waals surface area contributed by atoms with Crippen LogP contribution in [0.1, 0.15) is 0 Å². The highest BCUT2D eigenvalue weighted by Crippen LogP contribution is 2.44. The van der Waals surface area contributed by atoms with Crippen molar-refractivity contribution in [1.82, 2.24) is 0 Å². The molecule has 6 heteroatoms. The van der Waals surface area contributed by atoms with Crippen molar-refractivity contribution in [2.45, 2.75) is 9.79 Å². The number of halogens is 2. The zero-order valence-electron chi connectivity index (χ0n) is 10.5. The van der Waals surface area contributed by atoms with Crippen LogP contribution in [0.5, 0.6) is 5.75 Å². The topological polar surface area (TPSA) is 38.3 Å². The largest absolute Gasteiger partial charge is 0.497 e. The molecule has 0 saturated heterocycles. The zero-order chi connectivity index (χ0) is 14.5. The molecule has 0 aliphatic carbocycles. The molecule has 2 aromatic carbocycles. The van der Waals surface area contributed by atoms with Gasteiger partial charge in [0.15, 0.2) is 0 Å². The third-order valence-corrected chi connectivity index (χ3v) is 3.71. The lowest BCUT2D eigenvalue weighted by atomic mass is 10.2. The standard InChI is InChI=1S/C13H11NOS.CCl2O/c1-15-9-6-7-13-11(8-9)14-10-4-2-3-5-12(10)16-13;2-1(3)4/h2-8,14H,1H3;. The molecule has 1 heterocycles. The molecule has 0 amide bonds. The second kappa shape index (κ2) is 6.88. The number of methoxy groups -OCH3 is 1. The smallest absolute Gasteiger partial charge is 0.313 e. The van der Waals surface area contributed by atoms with Crippen LogP contribution in [0.3, 0.4) is 0 Å². The number of carbonyl (C=O) groups is 1. The van der Waals surface area contributed by atoms with E-state index in [1.54, 1.807) is 18.9 Å². The number of rotatable bonds is 1. The van der Waals surface area contributed by atoms with Gasteiger partial charge in [0.2, 0.25) is 0 Å². The minimum Gasteiger partial charge on any atom is -0.497 e. The SMILES string of the molecule is COc1ccc2c(c1)Nc1ccccc1S2.O=C(Cl)Cl. The normalized spacial score (nSPS) is 11.2. The van der Waals surface area contributed by atoms with Crippen molar-refractivity contribution in [3.05, 3.63) is 42.5 Å². The van der Waals surface area contributed by atoms with E-state index in [2.05, 4.69) is 52.8 Å². The van der Waals surface area contributed by atoms with Crippen molar-refractivity contribution in [3.63, 3.8) is 0 Å². The first-order valence-corrected chi connectivity index (χ1v) is 7.24. The van der Waals surface area contributed by atoms with E-state index in [0.717, 1.165) is 17.1 Å². The highest BCUT2D eigenvalue weighted by Gasteiger charge is 2.15. The van der Waals surface area contributed by atoms with E-state index in [1.807, 2.05) is 18.2 Å². The van der Waals surface area contributed by atoms with Crippen molar-refractivity contribution < 1.29 is 9.53 Å². The molecule has 20 heavy (non-hydrogen) atoms. The molecule has 0 spiro atoms. The summed E-state index contributed by atoms with van der Waals surface area (Å²) in [6.07, 6.45) is 0. The van der Waals surface area contributed by atoms with Gasteiger partial charge in [0, 0.05) is 15.9 Å². The Hall–Kier alpha value is -1.36. The minimum absolute atomic E-state index is 0.881. The lowest BCUT2D eigenvalue weighted by Gasteiger charge is -2.20. The molecule has 0 saturated carbocycles. The maximum Gasteiger partial charge on any atom is 0.313 e. The Morgan fingerprint density at radius 1 is 1.10 bits per heavy atom. The number of anilines is 2. The number of nitrogens with one attached hydrogen (secondary N) is 1. The molecular formula is C14H11Cl2NO2S. The van der Waals surface area contributed by atoms with Crippen LogP contribution in [-0.2, 0) is 0 Å². The Morgan fingerprint density at radius 3 is 2.45 bits per heavy atom. The summed E-state index contributed by atoms with van der Waals surface area (Å²) in [6, 6.07) is 14.4. The van der Waals surface area contributed by atoms with Crippen LogP contribution in [-0.4, -0.2) is 11.8 Å². The quantitative estimate of drug-likeness (QED) is 0.600. The Morgan fingerprint density at radius 2 is 1.75 bits per heavy atom. The molecule has 0 unspecified atom stereocenters. The van der Waals surface area contributed by atoms with Gasteiger partial charge in [-0.05, 0) is 47.5 Å². The van der Waals surface area contributed by atoms with E-state index in [0.29, 0.717) is 0 Å². The lowest BCUT2D eigenvalue weighted by molar-refractivity contribution is 0.275. The number of hydrogen-bond acceptors (Lipinski definition) is 4. The summed E-state index contributed by atoms with van der Waals surface area (Å²) in [4.78, 5) is 11.5. The van der Waals surface area contributed by atoms with Crippen molar-refractivity contribution in [1.29, 1.82) is 0 Å². The highest BCUT2D eigenvalue weighted by molar-refractivity contribution is 7.99. The Balaban J connectivity index is 0.000000328. The molecule has 104 valence electrons. The summed E-state index contributed by atoms with van der Waals surface area (Å²) < 4.78 is 4.33. The molecular weight excluding hydrogens is 317 g/mol. The predicted octanol–water partition coefficient (Wildman–Crippen LogP) is 5.49. The first-order chi connectivity index (χ1) is 9.60. The van der Waals surface area contributed by atoms with Crippen LogP contribution < -0.4 is 10.1 Å². The fourth-order valence-electron chi connectivity index (χ4n) is 1.75. The molecule has 3 nitrogen and oxygen atoms in total. The maximum absolute atomic E-state index is 8.98. The van der Waals surface area contributed by atoms with Crippen molar-refractivity contribution in [2.24, 2.45) is 0 Å². The van der Waals surface area contributed by atoms with Gasteiger partial charge in [-0.15, -0.1) is 0 Å². The first kappa shape index (κ1) is 15.0. The number of benzene rings is 2. The fourth-order valence-corrected chi connectivity index (χ4v) is 2.71. The van der Waals surface area contributed by atoms with Gasteiger partial charge in [0.25, 0.3) is 0 Å². The van der Waals surface area contributed by atoms with E-state index in [-0.39, 0.29) is 0 Å². The van der Waals surface area contributed by atoms with Gasteiger partial charge < -0.3 is 10.1 Å². The van der Waals surface area contributed by atoms with Crippen molar-refractivity contribution in [2.75, 3.05) is 12.4 Å². The molecule has 1 aliphatic heterocycles. The molecule has 0 aromatic heterocycles. The third-order valence-electron chi connectivity index (χ3n) is 2.56. The third kappa shape index (κ3) is 3.82. The monoisotopic (exact) mass is 327 g/mol. The minimum atomic E-state index is -0.889. The summed E-state index contributed by atoms with van der Waals surface area (Å²) in [7, 11) is 1.69. The van der Waals surface area contributed by atoms with E-state index < -0.39 is 4.70 Å². The predicted molar refractivity (Wildman–Crippen MR) is 83.9 cm³/mol. The molecule has 0 bridgehead atoms. The molecule has 1 aliphatic rings. The maximum atomic E-state index is 8.98. The van der Waals surface area contributed by atoms with Gasteiger partial charge in [-0.25, -0.2) is 0 Å². The Labute approximate surface area is 131 Å². The van der Waals surface area contributed by atoms with E-state index in [4.69, 9.17) is 9.53 Å². The number of fused-ring (bicyclic) bond motifs is 2. The summed E-state index contributed by atoms with van der Waals surface area (Å²) >= 11 is 10.6. The van der Waals surface area contributed by atoms with Crippen LogP contribution in [0.15, 0.2) is 52.3 Å². The van der Waals surface area contributed by atoms with Gasteiger partial charge in [0.05, 0.1) is 18.5 Å². The molecule has 3 rings (SSSR count). The number of carbonyl (C=O) groups excluding carboxylic acids is 1. The van der Waals surface area contributed by atoms with Gasteiger partial charge in [-0.3, -0.25) is 4.79 Å². The Kier molecular flexibility index (Phi) is 5.17. The number of hydrogen-bond donors (Lipinski definition) is 1. The van der Waals surface area contributed by atoms with Crippen LogP contribution in [0.25, 0.3) is 0 Å². The van der Waals surface area contributed by atoms with E-state index in [1.165, 1.54) is 9.79 Å². The van der Waals surface area contributed by atoms with Crippen LogP contribution in [0, 0.1) is 0 Å². The Bertz CT molecular complexity index is 630. The summed E-state index contributed by atoms with van der Waals surface area (Å²) in [6.45, 7) is 0. The van der Waals surface area contributed by atoms with Crippen LogP contribution in [0.4, 0.5) is 16.2 Å². The first-order valence-electron chi connectivity index (χ1n) is 5.67. The lowest BCUT2D eigenvalue weighted by Crippen LogP contribution is -1.99. The molecule has 2 aromatic rings. The van der Waals surface area contributed by atoms with Gasteiger partial charge in [0.1, 0.15) is 5.75 Å². The summed E-state index contributed by atoms with van der Waals surface area (Å²) in [5, 5.41) is 3.41. The van der Waals surface area contributed by atoms with Crippen LogP contribution >= 0.6 is 35.0 Å². The average molecular weight is 328 g/mol. The highest BCUT2D eigenvalue weighted by atomic mass is 35.5. The molecule has 1 N–H and O–H groups in total. The number of para-hydroxylation sites is 1. The number of ether oxygens (including phenoxy) is 1. The molecule has 0 fully saturated rings. The summed E-state index contributed by atoms with van der Waals surface area (Å²) in [5.74, 6) is 0.881. The zero-order valence-corrected chi connectivity index (χ0v) is 12.9. The second-order valence-corrected chi connectivity index (χ2v) is 5.77. The van der Waals surface area contributed by atoms with E-state index >= 15 is 0 Å². The van der Waals surface area contributed by atoms with Crippen molar-refractivity contribution >= 4 is 51.0 Å².